The summed E-state index contributed by atoms with van der Waals surface area (Å²) in [4.78, 5) is 19.5. The van der Waals surface area contributed by atoms with E-state index in [0.717, 1.165) is 38.6 Å². The summed E-state index contributed by atoms with van der Waals surface area (Å²) < 4.78 is 5.18. The van der Waals surface area contributed by atoms with Gasteiger partial charge in [0.25, 0.3) is 0 Å². The topological polar surface area (TPSA) is 111 Å². The average molecular weight is 601 g/mol. The van der Waals surface area contributed by atoms with Crippen molar-refractivity contribution < 1.29 is 4.52 Å². The second-order valence-electron chi connectivity index (χ2n) is 14.0. The molecule has 11 heteroatoms. The summed E-state index contributed by atoms with van der Waals surface area (Å²) in [5.41, 5.74) is 4.03. The van der Waals surface area contributed by atoms with Gasteiger partial charge in [0.1, 0.15) is 6.33 Å². The third-order valence-electron chi connectivity index (χ3n) is 11.0. The van der Waals surface area contributed by atoms with Crippen LogP contribution in [0.25, 0.3) is 0 Å². The Morgan fingerprint density at radius 2 is 1.14 bits per heavy atom. The standard InChI is InChI=1S/C12H17N3.C11H16N4.C10H15N3O/c1-2-11(8-13-5-1)15-7-4-12(10-15)3-6-14-9-12;1-3-12-7-11(1)2-4-15(8-11)10-5-13-9-14-6-10;1-4-12-14-9(1)13-6-3-10(8-13)2-5-11-7-10/h1-2,5,8,14H,3-4,6-7,9-10H2;5-6,9,12H,1-4,7-8H2;1,4,11H,2-3,5-8H2. The van der Waals surface area contributed by atoms with Crippen LogP contribution in [0.1, 0.15) is 38.5 Å². The van der Waals surface area contributed by atoms with Gasteiger partial charge >= 0.3 is 0 Å². The summed E-state index contributed by atoms with van der Waals surface area (Å²) >= 11 is 0. The molecule has 6 aliphatic heterocycles. The molecule has 0 amide bonds. The molecular weight excluding hydrogens is 552 g/mol. The van der Waals surface area contributed by atoms with E-state index < -0.39 is 0 Å². The van der Waals surface area contributed by atoms with E-state index in [9.17, 15) is 0 Å². The zero-order chi connectivity index (χ0) is 29.7. The zero-order valence-electron chi connectivity index (χ0n) is 26.0. The predicted molar refractivity (Wildman–Crippen MR) is 173 cm³/mol. The van der Waals surface area contributed by atoms with Crippen LogP contribution in [-0.2, 0) is 0 Å². The number of rotatable bonds is 3. The first-order chi connectivity index (χ1) is 21.6. The number of aromatic nitrogens is 4. The molecule has 6 saturated heterocycles. The lowest BCUT2D eigenvalue weighted by Crippen LogP contribution is -2.29. The van der Waals surface area contributed by atoms with Crippen molar-refractivity contribution in [1.82, 2.24) is 36.1 Å². The Hall–Kier alpha value is -3.28. The second-order valence-corrected chi connectivity index (χ2v) is 14.0. The molecule has 6 fully saturated rings. The molecular formula is C33H48N10O. The van der Waals surface area contributed by atoms with Crippen LogP contribution in [0, 0.1) is 16.2 Å². The van der Waals surface area contributed by atoms with Crippen LogP contribution in [-0.4, -0.2) is 98.6 Å². The molecule has 3 spiro atoms. The van der Waals surface area contributed by atoms with Gasteiger partial charge < -0.3 is 35.2 Å². The molecule has 3 N–H and O–H groups in total. The lowest BCUT2D eigenvalue weighted by Gasteiger charge is -2.23. The summed E-state index contributed by atoms with van der Waals surface area (Å²) in [7, 11) is 0. The van der Waals surface area contributed by atoms with Gasteiger partial charge in [0.2, 0.25) is 5.88 Å². The molecule has 9 heterocycles. The van der Waals surface area contributed by atoms with Crippen LogP contribution in [0.4, 0.5) is 17.3 Å². The minimum absolute atomic E-state index is 0.507. The first-order valence-electron chi connectivity index (χ1n) is 16.6. The van der Waals surface area contributed by atoms with Gasteiger partial charge in [-0.05, 0) is 70.3 Å². The van der Waals surface area contributed by atoms with Crippen LogP contribution in [0.5, 0.6) is 0 Å². The predicted octanol–water partition coefficient (Wildman–Crippen LogP) is 2.80. The molecule has 0 aromatic carbocycles. The maximum absolute atomic E-state index is 5.18. The van der Waals surface area contributed by atoms with Gasteiger partial charge in [0.05, 0.1) is 36.2 Å². The first-order valence-corrected chi connectivity index (χ1v) is 16.6. The molecule has 9 rings (SSSR count). The van der Waals surface area contributed by atoms with Crippen molar-refractivity contribution >= 4 is 17.3 Å². The van der Waals surface area contributed by atoms with Crippen LogP contribution in [0.2, 0.25) is 0 Å². The number of hydrogen-bond acceptors (Lipinski definition) is 11. The van der Waals surface area contributed by atoms with Gasteiger partial charge in [0, 0.05) is 87.4 Å². The molecule has 11 nitrogen and oxygen atoms in total. The number of hydrogen-bond donors (Lipinski definition) is 3. The molecule has 3 aromatic heterocycles. The number of nitrogens with one attached hydrogen (secondary N) is 3. The van der Waals surface area contributed by atoms with Crippen molar-refractivity contribution in [1.29, 1.82) is 0 Å². The van der Waals surface area contributed by atoms with Crippen molar-refractivity contribution in [3.8, 4) is 0 Å². The van der Waals surface area contributed by atoms with Crippen molar-refractivity contribution in [2.45, 2.75) is 38.5 Å². The Morgan fingerprint density at radius 3 is 1.64 bits per heavy atom. The van der Waals surface area contributed by atoms with Gasteiger partial charge in [0.15, 0.2) is 0 Å². The Balaban J connectivity index is 0.000000107. The molecule has 236 valence electrons. The van der Waals surface area contributed by atoms with Crippen molar-refractivity contribution in [2.24, 2.45) is 16.2 Å². The van der Waals surface area contributed by atoms with Crippen LogP contribution in [0.15, 0.2) is 60.0 Å². The van der Waals surface area contributed by atoms with E-state index in [1.54, 1.807) is 12.5 Å². The van der Waals surface area contributed by atoms with E-state index >= 15 is 0 Å². The van der Waals surface area contributed by atoms with E-state index in [1.165, 1.54) is 95.7 Å². The molecule has 44 heavy (non-hydrogen) atoms. The van der Waals surface area contributed by atoms with Crippen LogP contribution >= 0.6 is 0 Å². The van der Waals surface area contributed by atoms with E-state index in [1.807, 2.05) is 36.9 Å². The Morgan fingerprint density at radius 1 is 0.591 bits per heavy atom. The molecule has 3 aromatic rings. The zero-order valence-corrected chi connectivity index (χ0v) is 26.0. The fourth-order valence-corrected chi connectivity index (χ4v) is 8.23. The number of anilines is 3. The molecule has 0 aliphatic carbocycles. The molecule has 0 radical (unpaired) electrons. The van der Waals surface area contributed by atoms with Crippen molar-refractivity contribution in [2.75, 3.05) is 93.2 Å². The molecule has 3 unspecified atom stereocenters. The smallest absolute Gasteiger partial charge is 0.227 e. The Labute approximate surface area is 261 Å². The highest BCUT2D eigenvalue weighted by Gasteiger charge is 2.42. The summed E-state index contributed by atoms with van der Waals surface area (Å²) in [6, 6.07) is 6.13. The third kappa shape index (κ3) is 6.55. The fourth-order valence-electron chi connectivity index (χ4n) is 8.23. The highest BCUT2D eigenvalue weighted by Crippen LogP contribution is 2.39. The van der Waals surface area contributed by atoms with Crippen LogP contribution in [0.3, 0.4) is 0 Å². The monoisotopic (exact) mass is 600 g/mol. The van der Waals surface area contributed by atoms with Gasteiger partial charge in [-0.2, -0.15) is 0 Å². The van der Waals surface area contributed by atoms with E-state index in [-0.39, 0.29) is 0 Å². The molecule has 0 saturated carbocycles. The Kier molecular flexibility index (Phi) is 8.69. The van der Waals surface area contributed by atoms with Gasteiger partial charge in [-0.3, -0.25) is 4.98 Å². The minimum atomic E-state index is 0.507. The van der Waals surface area contributed by atoms with Gasteiger partial charge in [-0.1, -0.05) is 5.16 Å². The highest BCUT2D eigenvalue weighted by molar-refractivity contribution is 5.45. The van der Waals surface area contributed by atoms with Crippen molar-refractivity contribution in [3.63, 3.8) is 0 Å². The fraction of sp³-hybridized carbons (Fsp3) is 0.636. The molecule has 6 aliphatic rings. The van der Waals surface area contributed by atoms with E-state index in [2.05, 4.69) is 56.8 Å². The van der Waals surface area contributed by atoms with E-state index in [0.29, 0.717) is 16.2 Å². The third-order valence-corrected chi connectivity index (χ3v) is 11.0. The molecule has 0 bridgehead atoms. The summed E-state index contributed by atoms with van der Waals surface area (Å²) in [5, 5.41) is 14.2. The quantitative estimate of drug-likeness (QED) is 0.413. The lowest BCUT2D eigenvalue weighted by molar-refractivity contribution is 0.363. The maximum atomic E-state index is 5.18. The minimum Gasteiger partial charge on any atom is -0.370 e. The summed E-state index contributed by atoms with van der Waals surface area (Å²) in [6.45, 7) is 14.0. The summed E-state index contributed by atoms with van der Waals surface area (Å²) in [6.07, 6.45) is 18.8. The average Bonchev–Trinajstić information content (AvgIpc) is 3.93. The Bertz CT molecular complexity index is 1220. The highest BCUT2D eigenvalue weighted by atomic mass is 16.5. The summed E-state index contributed by atoms with van der Waals surface area (Å²) in [5.74, 6) is 0.925. The normalized spacial score (nSPS) is 30.8. The van der Waals surface area contributed by atoms with Crippen LogP contribution < -0.4 is 30.7 Å². The van der Waals surface area contributed by atoms with E-state index in [4.69, 9.17) is 4.52 Å². The van der Waals surface area contributed by atoms with Crippen molar-refractivity contribution in [3.05, 3.63) is 55.5 Å². The number of nitrogens with zero attached hydrogens (tertiary/aromatic N) is 7. The molecule has 3 atom stereocenters. The maximum Gasteiger partial charge on any atom is 0.227 e. The largest absolute Gasteiger partial charge is 0.370 e. The number of pyridine rings is 1. The second kappa shape index (κ2) is 13.0. The van der Waals surface area contributed by atoms with Gasteiger partial charge in [-0.15, -0.1) is 0 Å². The SMILES string of the molecule is c1cc(N2CCC3(CCNC3)C2)on1.c1cncc(N2CCC3(CCNC3)C2)c1.c1ncc(N2CCC3(CCNC3)C2)cn1. The first kappa shape index (κ1) is 29.4. The van der Waals surface area contributed by atoms with Gasteiger partial charge in [-0.25, -0.2) is 9.97 Å². The lowest BCUT2D eigenvalue weighted by atomic mass is 9.86.